The first-order valence-electron chi connectivity index (χ1n) is 8.49. The molecule has 4 rings (SSSR count). The minimum Gasteiger partial charge on any atom is -0.460 e. The largest absolute Gasteiger partial charge is 0.460 e. The number of carbonyl (C=O) groups is 1. The van der Waals surface area contributed by atoms with Crippen LogP contribution in [0.2, 0.25) is 0 Å². The lowest BCUT2D eigenvalue weighted by Gasteiger charge is -2.32. The van der Waals surface area contributed by atoms with Crippen molar-refractivity contribution in [2.75, 3.05) is 13.1 Å². The summed E-state index contributed by atoms with van der Waals surface area (Å²) in [4.78, 5) is 27.2. The lowest BCUT2D eigenvalue weighted by Crippen LogP contribution is -2.42. The number of hydrogen-bond donors (Lipinski definition) is 1. The van der Waals surface area contributed by atoms with Gasteiger partial charge in [0.25, 0.3) is 5.91 Å². The maximum absolute atomic E-state index is 13.0. The van der Waals surface area contributed by atoms with Crippen molar-refractivity contribution in [2.45, 2.75) is 18.9 Å². The standard InChI is InChI=1S/C18H18N6O2/c25-17(15-5-2-1-4-14(15)16-21-12-22-23-16)24-10-6-13(7-11-24)26-18-19-8-3-9-20-18/h1-5,8-9,12-13H,6-7,10-11H2,(H,21,22,23). The van der Waals surface area contributed by atoms with Crippen LogP contribution in [-0.4, -0.2) is 55.1 Å². The Bertz CT molecular complexity index is 860. The van der Waals surface area contributed by atoms with E-state index >= 15 is 0 Å². The third-order valence-electron chi connectivity index (χ3n) is 4.37. The fraction of sp³-hybridized carbons (Fsp3) is 0.278. The Labute approximate surface area is 150 Å². The van der Waals surface area contributed by atoms with Gasteiger partial charge in [0.05, 0.1) is 5.56 Å². The summed E-state index contributed by atoms with van der Waals surface area (Å²) in [6.07, 6.45) is 6.25. The Balaban J connectivity index is 1.43. The molecule has 1 aliphatic rings. The van der Waals surface area contributed by atoms with Crippen molar-refractivity contribution < 1.29 is 9.53 Å². The minimum atomic E-state index is -0.00795. The minimum absolute atomic E-state index is 0.00795. The molecular formula is C18H18N6O2. The lowest BCUT2D eigenvalue weighted by atomic mass is 10.0. The Morgan fingerprint density at radius 1 is 1.08 bits per heavy atom. The van der Waals surface area contributed by atoms with E-state index in [9.17, 15) is 4.79 Å². The van der Waals surface area contributed by atoms with Gasteiger partial charge in [0.1, 0.15) is 12.4 Å². The summed E-state index contributed by atoms with van der Waals surface area (Å²) < 4.78 is 5.79. The van der Waals surface area contributed by atoms with E-state index in [0.717, 1.165) is 18.4 Å². The molecule has 0 saturated carbocycles. The van der Waals surface area contributed by atoms with E-state index in [1.807, 2.05) is 29.2 Å². The molecule has 2 aromatic heterocycles. The Morgan fingerprint density at radius 3 is 2.58 bits per heavy atom. The second-order valence-electron chi connectivity index (χ2n) is 6.02. The van der Waals surface area contributed by atoms with E-state index in [1.165, 1.54) is 6.33 Å². The van der Waals surface area contributed by atoms with Crippen molar-refractivity contribution in [1.82, 2.24) is 30.0 Å². The number of H-pyrrole nitrogens is 1. The van der Waals surface area contributed by atoms with Gasteiger partial charge >= 0.3 is 6.01 Å². The van der Waals surface area contributed by atoms with Gasteiger partial charge in [0.2, 0.25) is 0 Å². The number of likely N-dealkylation sites (tertiary alicyclic amines) is 1. The number of aromatic nitrogens is 5. The van der Waals surface area contributed by atoms with Crippen molar-refractivity contribution in [1.29, 1.82) is 0 Å². The first kappa shape index (κ1) is 16.2. The van der Waals surface area contributed by atoms with Gasteiger partial charge in [-0.15, -0.1) is 0 Å². The van der Waals surface area contributed by atoms with E-state index in [2.05, 4.69) is 25.1 Å². The zero-order valence-corrected chi connectivity index (χ0v) is 14.1. The summed E-state index contributed by atoms with van der Waals surface area (Å²) in [5.41, 5.74) is 1.38. The van der Waals surface area contributed by atoms with Crippen LogP contribution in [0, 0.1) is 0 Å². The monoisotopic (exact) mass is 350 g/mol. The molecule has 3 aromatic rings. The molecule has 0 atom stereocenters. The van der Waals surface area contributed by atoms with Crippen LogP contribution in [0.3, 0.4) is 0 Å². The highest BCUT2D eigenvalue weighted by Crippen LogP contribution is 2.23. The number of piperidine rings is 1. The molecule has 0 spiro atoms. The molecular weight excluding hydrogens is 332 g/mol. The maximum atomic E-state index is 13.0. The van der Waals surface area contributed by atoms with Gasteiger partial charge in [-0.05, 0) is 12.1 Å². The molecule has 1 aromatic carbocycles. The molecule has 8 heteroatoms. The zero-order valence-electron chi connectivity index (χ0n) is 14.1. The normalized spacial score (nSPS) is 15.0. The van der Waals surface area contributed by atoms with E-state index < -0.39 is 0 Å². The molecule has 1 amide bonds. The maximum Gasteiger partial charge on any atom is 0.316 e. The van der Waals surface area contributed by atoms with Gasteiger partial charge in [0, 0.05) is 43.9 Å². The predicted molar refractivity (Wildman–Crippen MR) is 93.4 cm³/mol. The van der Waals surface area contributed by atoms with Crippen molar-refractivity contribution in [3.8, 4) is 17.4 Å². The van der Waals surface area contributed by atoms with Gasteiger partial charge in [-0.3, -0.25) is 9.89 Å². The van der Waals surface area contributed by atoms with Gasteiger partial charge in [-0.25, -0.2) is 15.0 Å². The number of hydrogen-bond acceptors (Lipinski definition) is 6. The van der Waals surface area contributed by atoms with Crippen LogP contribution < -0.4 is 4.74 Å². The number of nitrogens with one attached hydrogen (secondary N) is 1. The number of ether oxygens (including phenoxy) is 1. The number of aromatic amines is 1. The highest BCUT2D eigenvalue weighted by atomic mass is 16.5. The molecule has 0 aliphatic carbocycles. The smallest absolute Gasteiger partial charge is 0.316 e. The molecule has 1 fully saturated rings. The van der Waals surface area contributed by atoms with Crippen LogP contribution in [0.4, 0.5) is 0 Å². The van der Waals surface area contributed by atoms with E-state index in [0.29, 0.717) is 30.5 Å². The van der Waals surface area contributed by atoms with E-state index in [4.69, 9.17) is 4.74 Å². The zero-order chi connectivity index (χ0) is 17.8. The van der Waals surface area contributed by atoms with Crippen molar-refractivity contribution in [2.24, 2.45) is 0 Å². The quantitative estimate of drug-likeness (QED) is 0.772. The van der Waals surface area contributed by atoms with Crippen molar-refractivity contribution >= 4 is 5.91 Å². The fourth-order valence-corrected chi connectivity index (χ4v) is 3.05. The fourth-order valence-electron chi connectivity index (χ4n) is 3.05. The molecule has 8 nitrogen and oxygen atoms in total. The lowest BCUT2D eigenvalue weighted by molar-refractivity contribution is 0.0579. The SMILES string of the molecule is O=C(c1ccccc1-c1ncn[nH]1)N1CCC(Oc2ncccn2)CC1. The van der Waals surface area contributed by atoms with Crippen LogP contribution in [-0.2, 0) is 0 Å². The van der Waals surface area contributed by atoms with E-state index in [-0.39, 0.29) is 12.0 Å². The van der Waals surface area contributed by atoms with Gasteiger partial charge in [-0.1, -0.05) is 18.2 Å². The number of nitrogens with zero attached hydrogens (tertiary/aromatic N) is 5. The Morgan fingerprint density at radius 2 is 1.85 bits per heavy atom. The van der Waals surface area contributed by atoms with Crippen LogP contribution in [0.5, 0.6) is 6.01 Å². The highest BCUT2D eigenvalue weighted by Gasteiger charge is 2.26. The number of carbonyl (C=O) groups excluding carboxylic acids is 1. The average Bonchev–Trinajstić information content (AvgIpc) is 3.24. The molecule has 3 heterocycles. The van der Waals surface area contributed by atoms with Crippen LogP contribution in [0.25, 0.3) is 11.4 Å². The molecule has 0 unspecified atom stereocenters. The first-order valence-corrected chi connectivity index (χ1v) is 8.49. The second kappa shape index (κ2) is 7.30. The average molecular weight is 350 g/mol. The van der Waals surface area contributed by atoms with Gasteiger partial charge < -0.3 is 9.64 Å². The van der Waals surface area contributed by atoms with Crippen molar-refractivity contribution in [3.05, 3.63) is 54.6 Å². The Kier molecular flexibility index (Phi) is 4.55. The summed E-state index contributed by atoms with van der Waals surface area (Å²) in [7, 11) is 0. The topological polar surface area (TPSA) is 96.9 Å². The van der Waals surface area contributed by atoms with Crippen LogP contribution in [0.1, 0.15) is 23.2 Å². The summed E-state index contributed by atoms with van der Waals surface area (Å²) in [5, 5.41) is 6.69. The van der Waals surface area contributed by atoms with Gasteiger partial charge in [-0.2, -0.15) is 5.10 Å². The van der Waals surface area contributed by atoms with Crippen LogP contribution in [0.15, 0.2) is 49.1 Å². The molecule has 132 valence electrons. The molecule has 1 aliphatic heterocycles. The summed E-state index contributed by atoms with van der Waals surface area (Å²) in [5.74, 6) is 0.583. The van der Waals surface area contributed by atoms with Gasteiger partial charge in [0.15, 0.2) is 5.82 Å². The second-order valence-corrected chi connectivity index (χ2v) is 6.02. The number of rotatable bonds is 4. The van der Waals surface area contributed by atoms with E-state index in [1.54, 1.807) is 18.5 Å². The summed E-state index contributed by atoms with van der Waals surface area (Å²) >= 11 is 0. The van der Waals surface area contributed by atoms with Crippen molar-refractivity contribution in [3.63, 3.8) is 0 Å². The first-order chi connectivity index (χ1) is 12.8. The number of amides is 1. The molecule has 1 N–H and O–H groups in total. The molecule has 0 radical (unpaired) electrons. The number of benzene rings is 1. The third kappa shape index (κ3) is 3.39. The third-order valence-corrected chi connectivity index (χ3v) is 4.37. The molecule has 1 saturated heterocycles. The highest BCUT2D eigenvalue weighted by molar-refractivity contribution is 6.00. The predicted octanol–water partition coefficient (Wildman–Crippen LogP) is 1.95. The summed E-state index contributed by atoms with van der Waals surface area (Å²) in [6, 6.07) is 9.56. The Hall–Kier alpha value is -3.29. The van der Waals surface area contributed by atoms with Crippen LogP contribution >= 0.6 is 0 Å². The molecule has 26 heavy (non-hydrogen) atoms. The summed E-state index contributed by atoms with van der Waals surface area (Å²) in [6.45, 7) is 1.25. The molecule has 0 bridgehead atoms.